The van der Waals surface area contributed by atoms with Crippen molar-refractivity contribution in [2.24, 2.45) is 7.05 Å². The van der Waals surface area contributed by atoms with Crippen LogP contribution in [0.15, 0.2) is 42.9 Å². The molecule has 3 amide bonds. The molecule has 1 N–H and O–H groups in total. The smallest absolute Gasteiger partial charge is 0.255 e. The molecule has 3 aromatic rings. The highest BCUT2D eigenvalue weighted by molar-refractivity contribution is 6.05. The van der Waals surface area contributed by atoms with Gasteiger partial charge in [0.1, 0.15) is 6.04 Å². The number of aromatic nitrogens is 3. The maximum Gasteiger partial charge on any atom is 0.255 e. The maximum absolute atomic E-state index is 12.9. The van der Waals surface area contributed by atoms with Gasteiger partial charge >= 0.3 is 0 Å². The zero-order valence-corrected chi connectivity index (χ0v) is 17.3. The minimum atomic E-state index is -0.619. The highest BCUT2D eigenvalue weighted by Gasteiger charge is 2.39. The van der Waals surface area contributed by atoms with E-state index in [1.54, 1.807) is 23.5 Å². The fraction of sp³-hybridized carbons (Fsp3) is 0.261. The van der Waals surface area contributed by atoms with Crippen LogP contribution in [0.4, 0.5) is 0 Å². The molecular formula is C23H21N5O3. The summed E-state index contributed by atoms with van der Waals surface area (Å²) in [7, 11) is 1.95. The first kappa shape index (κ1) is 19.2. The third-order valence-electron chi connectivity index (χ3n) is 5.90. The number of aryl methyl sites for hydroxylation is 2. The van der Waals surface area contributed by atoms with Gasteiger partial charge in [0.2, 0.25) is 11.8 Å². The van der Waals surface area contributed by atoms with Crippen LogP contribution in [0.2, 0.25) is 0 Å². The molecule has 0 unspecified atom stereocenters. The molecule has 156 valence electrons. The summed E-state index contributed by atoms with van der Waals surface area (Å²) in [4.78, 5) is 47.1. The Hall–Kier alpha value is -3.81. The van der Waals surface area contributed by atoms with E-state index in [0.717, 1.165) is 33.8 Å². The van der Waals surface area contributed by atoms with Crippen LogP contribution in [0.3, 0.4) is 0 Å². The molecule has 4 heterocycles. The first-order valence-corrected chi connectivity index (χ1v) is 10.1. The minimum absolute atomic E-state index is 0.179. The van der Waals surface area contributed by atoms with Crippen LogP contribution < -0.4 is 5.32 Å². The summed E-state index contributed by atoms with van der Waals surface area (Å²) in [5, 5.41) is 2.33. The van der Waals surface area contributed by atoms with Gasteiger partial charge in [-0.25, -0.2) is 4.98 Å². The zero-order valence-electron chi connectivity index (χ0n) is 17.3. The quantitative estimate of drug-likeness (QED) is 0.662. The molecule has 0 radical (unpaired) electrons. The van der Waals surface area contributed by atoms with Crippen molar-refractivity contribution < 1.29 is 14.4 Å². The predicted molar refractivity (Wildman–Crippen MR) is 113 cm³/mol. The number of hydrogen-bond donors (Lipinski definition) is 1. The van der Waals surface area contributed by atoms with Gasteiger partial charge in [-0.15, -0.1) is 0 Å². The molecule has 2 aliphatic heterocycles. The van der Waals surface area contributed by atoms with E-state index in [1.807, 2.05) is 42.8 Å². The van der Waals surface area contributed by atoms with E-state index < -0.39 is 11.9 Å². The number of nitrogens with zero attached hydrogens (tertiary/aromatic N) is 4. The number of nitrogens with one attached hydrogen (secondary N) is 1. The lowest BCUT2D eigenvalue weighted by atomic mass is 10.0. The van der Waals surface area contributed by atoms with Gasteiger partial charge in [-0.05, 0) is 43.2 Å². The molecule has 1 atom stereocenters. The third-order valence-corrected chi connectivity index (χ3v) is 5.90. The highest BCUT2D eigenvalue weighted by atomic mass is 16.2. The molecule has 1 fully saturated rings. The van der Waals surface area contributed by atoms with E-state index in [4.69, 9.17) is 0 Å². The summed E-state index contributed by atoms with van der Waals surface area (Å²) in [6.45, 7) is 2.29. The first-order chi connectivity index (χ1) is 14.9. The molecule has 8 heteroatoms. The molecule has 2 aromatic heterocycles. The number of imide groups is 1. The number of imidazole rings is 1. The van der Waals surface area contributed by atoms with Crippen molar-refractivity contribution in [2.75, 3.05) is 0 Å². The molecule has 1 aromatic carbocycles. The molecular weight excluding hydrogens is 394 g/mol. The van der Waals surface area contributed by atoms with Crippen molar-refractivity contribution in [3.05, 3.63) is 59.7 Å². The predicted octanol–water partition coefficient (Wildman–Crippen LogP) is 2.22. The second kappa shape index (κ2) is 7.16. The second-order valence-electron chi connectivity index (χ2n) is 8.01. The maximum atomic E-state index is 12.9. The summed E-state index contributed by atoms with van der Waals surface area (Å²) in [6.07, 6.45) is 4.14. The average molecular weight is 415 g/mol. The molecule has 0 aliphatic carbocycles. The molecule has 1 saturated heterocycles. The van der Waals surface area contributed by atoms with Crippen molar-refractivity contribution in [1.82, 2.24) is 24.8 Å². The van der Waals surface area contributed by atoms with Gasteiger partial charge in [0, 0.05) is 48.6 Å². The van der Waals surface area contributed by atoms with Gasteiger partial charge in [-0.1, -0.05) is 6.07 Å². The van der Waals surface area contributed by atoms with E-state index >= 15 is 0 Å². The Balaban J connectivity index is 1.50. The number of benzene rings is 1. The van der Waals surface area contributed by atoms with Gasteiger partial charge in [0.25, 0.3) is 5.91 Å². The molecule has 5 rings (SSSR count). The lowest BCUT2D eigenvalue weighted by Crippen LogP contribution is -2.52. The summed E-state index contributed by atoms with van der Waals surface area (Å²) < 4.78 is 1.97. The highest BCUT2D eigenvalue weighted by Crippen LogP contribution is 2.35. The Morgan fingerprint density at radius 1 is 1.06 bits per heavy atom. The fourth-order valence-electron chi connectivity index (χ4n) is 4.40. The minimum Gasteiger partial charge on any atom is -0.333 e. The molecule has 31 heavy (non-hydrogen) atoms. The Kier molecular flexibility index (Phi) is 4.43. The normalized spacial score (nSPS) is 18.3. The van der Waals surface area contributed by atoms with Crippen molar-refractivity contribution >= 4 is 17.7 Å². The molecule has 8 nitrogen and oxygen atoms in total. The summed E-state index contributed by atoms with van der Waals surface area (Å²) in [5.41, 5.74) is 6.08. The standard InChI is InChI=1S/C23H21N5O3/c1-13-9-15(7-8-24-13)21-20(25-12-27(21)2)14-3-4-17-16(10-14)11-28(23(17)31)18-5-6-19(29)26-22(18)30/h3-4,7-10,12,18H,5-6,11H2,1-2H3,(H,26,29,30)/t18-/m0/s1. The number of rotatable bonds is 3. The van der Waals surface area contributed by atoms with E-state index in [-0.39, 0.29) is 18.2 Å². The number of hydrogen-bond acceptors (Lipinski definition) is 5. The van der Waals surface area contributed by atoms with E-state index in [9.17, 15) is 14.4 Å². The zero-order chi connectivity index (χ0) is 21.7. The van der Waals surface area contributed by atoms with E-state index in [2.05, 4.69) is 15.3 Å². The van der Waals surface area contributed by atoms with Crippen LogP contribution in [-0.2, 0) is 23.2 Å². The number of fused-ring (bicyclic) bond motifs is 1. The van der Waals surface area contributed by atoms with Gasteiger partial charge < -0.3 is 9.47 Å². The summed E-state index contributed by atoms with van der Waals surface area (Å²) >= 11 is 0. The third kappa shape index (κ3) is 3.20. The van der Waals surface area contributed by atoms with Gasteiger partial charge in [-0.3, -0.25) is 24.7 Å². The van der Waals surface area contributed by atoms with Crippen LogP contribution >= 0.6 is 0 Å². The van der Waals surface area contributed by atoms with Crippen LogP contribution in [0.25, 0.3) is 22.5 Å². The lowest BCUT2D eigenvalue weighted by Gasteiger charge is -2.29. The topological polar surface area (TPSA) is 97.2 Å². The molecule has 0 saturated carbocycles. The number of pyridine rings is 1. The van der Waals surface area contributed by atoms with Crippen LogP contribution in [0.1, 0.15) is 34.5 Å². The van der Waals surface area contributed by atoms with Gasteiger partial charge in [0.05, 0.1) is 17.7 Å². The lowest BCUT2D eigenvalue weighted by molar-refractivity contribution is -0.136. The van der Waals surface area contributed by atoms with Crippen molar-refractivity contribution in [1.29, 1.82) is 0 Å². The first-order valence-electron chi connectivity index (χ1n) is 10.1. The summed E-state index contributed by atoms with van der Waals surface area (Å²) in [5.74, 6) is -0.874. The number of carbonyl (C=O) groups is 3. The monoisotopic (exact) mass is 415 g/mol. The Bertz CT molecular complexity index is 1250. The Labute approximate surface area is 178 Å². The van der Waals surface area contributed by atoms with Crippen LogP contribution in [0, 0.1) is 6.92 Å². The van der Waals surface area contributed by atoms with Crippen LogP contribution in [-0.4, -0.2) is 43.2 Å². The largest absolute Gasteiger partial charge is 0.333 e. The van der Waals surface area contributed by atoms with E-state index in [1.165, 1.54) is 0 Å². The van der Waals surface area contributed by atoms with E-state index in [0.29, 0.717) is 18.5 Å². The average Bonchev–Trinajstić information content (AvgIpc) is 3.28. The van der Waals surface area contributed by atoms with Crippen molar-refractivity contribution in [2.45, 2.75) is 32.4 Å². The fourth-order valence-corrected chi connectivity index (χ4v) is 4.40. The Morgan fingerprint density at radius 2 is 1.90 bits per heavy atom. The number of amides is 3. The molecule has 0 bridgehead atoms. The second-order valence-corrected chi connectivity index (χ2v) is 8.01. The Morgan fingerprint density at radius 3 is 2.68 bits per heavy atom. The van der Waals surface area contributed by atoms with Gasteiger partial charge in [0.15, 0.2) is 0 Å². The van der Waals surface area contributed by atoms with Crippen molar-refractivity contribution in [3.63, 3.8) is 0 Å². The van der Waals surface area contributed by atoms with Crippen molar-refractivity contribution in [3.8, 4) is 22.5 Å². The molecule has 2 aliphatic rings. The van der Waals surface area contributed by atoms with Crippen LogP contribution in [0.5, 0.6) is 0 Å². The number of piperidine rings is 1. The SMILES string of the molecule is Cc1cc(-c2c(-c3ccc4c(c3)CN([C@H]3CCC(=O)NC3=O)C4=O)ncn2C)ccn1. The molecule has 0 spiro atoms. The van der Waals surface area contributed by atoms with Gasteiger partial charge in [-0.2, -0.15) is 0 Å². The number of carbonyl (C=O) groups excluding carboxylic acids is 3. The summed E-state index contributed by atoms with van der Waals surface area (Å²) in [6, 6.07) is 9.02.